The number of aromatic nitrogens is 2. The van der Waals surface area contributed by atoms with Gasteiger partial charge in [0.2, 0.25) is 0 Å². The molecule has 1 amide bonds. The van der Waals surface area contributed by atoms with E-state index in [1.165, 1.54) is 6.20 Å². The molecule has 1 rings (SSSR count). The van der Waals surface area contributed by atoms with Crippen LogP contribution in [-0.2, 0) is 0 Å². The molecule has 4 nitrogen and oxygen atoms in total. The Kier molecular flexibility index (Phi) is 5.03. The van der Waals surface area contributed by atoms with Gasteiger partial charge in [-0.1, -0.05) is 20.4 Å². The SMILES string of the molecule is CC(CCCBr)NC(=O)c1cnns1. The van der Waals surface area contributed by atoms with Gasteiger partial charge in [-0.3, -0.25) is 4.79 Å². The summed E-state index contributed by atoms with van der Waals surface area (Å²) in [7, 11) is 0. The van der Waals surface area contributed by atoms with E-state index in [9.17, 15) is 4.79 Å². The first-order chi connectivity index (χ1) is 6.74. The molecule has 0 saturated heterocycles. The Morgan fingerprint density at radius 2 is 2.57 bits per heavy atom. The van der Waals surface area contributed by atoms with Crippen LogP contribution >= 0.6 is 27.5 Å². The molecular formula is C8H12BrN3OS. The lowest BCUT2D eigenvalue weighted by Crippen LogP contribution is -2.32. The number of carbonyl (C=O) groups excluding carboxylic acids is 1. The maximum absolute atomic E-state index is 11.5. The van der Waals surface area contributed by atoms with Crippen molar-refractivity contribution in [2.75, 3.05) is 5.33 Å². The van der Waals surface area contributed by atoms with E-state index in [0.29, 0.717) is 4.88 Å². The van der Waals surface area contributed by atoms with Crippen molar-refractivity contribution in [1.82, 2.24) is 14.9 Å². The van der Waals surface area contributed by atoms with Crippen molar-refractivity contribution in [3.8, 4) is 0 Å². The summed E-state index contributed by atoms with van der Waals surface area (Å²) in [6, 6.07) is 0.196. The maximum atomic E-state index is 11.5. The number of carbonyl (C=O) groups is 1. The molecule has 0 radical (unpaired) electrons. The summed E-state index contributed by atoms with van der Waals surface area (Å²) in [5.41, 5.74) is 0. The van der Waals surface area contributed by atoms with Crippen LogP contribution in [0.5, 0.6) is 0 Å². The van der Waals surface area contributed by atoms with Crippen molar-refractivity contribution in [3.05, 3.63) is 11.1 Å². The van der Waals surface area contributed by atoms with Gasteiger partial charge in [0, 0.05) is 11.4 Å². The highest BCUT2D eigenvalue weighted by Crippen LogP contribution is 2.04. The summed E-state index contributed by atoms with van der Waals surface area (Å²) in [5, 5.41) is 7.47. The summed E-state index contributed by atoms with van der Waals surface area (Å²) >= 11 is 4.47. The van der Waals surface area contributed by atoms with Gasteiger partial charge in [-0.25, -0.2) is 0 Å². The van der Waals surface area contributed by atoms with Crippen LogP contribution in [0.25, 0.3) is 0 Å². The minimum Gasteiger partial charge on any atom is -0.349 e. The van der Waals surface area contributed by atoms with Gasteiger partial charge in [-0.2, -0.15) is 0 Å². The second-order valence-electron chi connectivity index (χ2n) is 2.99. The molecule has 0 spiro atoms. The average Bonchev–Trinajstić information content (AvgIpc) is 2.67. The van der Waals surface area contributed by atoms with Gasteiger partial charge in [0.25, 0.3) is 5.91 Å². The van der Waals surface area contributed by atoms with Crippen LogP contribution in [0.1, 0.15) is 29.4 Å². The van der Waals surface area contributed by atoms with Gasteiger partial charge in [0.15, 0.2) is 0 Å². The summed E-state index contributed by atoms with van der Waals surface area (Å²) in [4.78, 5) is 12.1. The molecule has 1 atom stereocenters. The number of rotatable bonds is 5. The number of halogens is 1. The molecule has 0 aliphatic rings. The molecule has 6 heteroatoms. The lowest BCUT2D eigenvalue weighted by molar-refractivity contribution is 0.0942. The molecule has 0 aliphatic heterocycles. The third-order valence-corrected chi connectivity index (χ3v) is 2.96. The fraction of sp³-hybridized carbons (Fsp3) is 0.625. The first-order valence-electron chi connectivity index (χ1n) is 4.38. The zero-order valence-corrected chi connectivity index (χ0v) is 10.3. The Hall–Kier alpha value is -0.490. The lowest BCUT2D eigenvalue weighted by atomic mass is 10.2. The van der Waals surface area contributed by atoms with Crippen molar-refractivity contribution in [2.24, 2.45) is 0 Å². The van der Waals surface area contributed by atoms with Crippen molar-refractivity contribution in [1.29, 1.82) is 0 Å². The number of nitrogens with one attached hydrogen (secondary N) is 1. The Morgan fingerprint density at radius 1 is 1.79 bits per heavy atom. The normalized spacial score (nSPS) is 12.4. The third-order valence-electron chi connectivity index (χ3n) is 1.73. The molecule has 0 saturated carbocycles. The van der Waals surface area contributed by atoms with Crippen LogP contribution in [0.15, 0.2) is 6.20 Å². The van der Waals surface area contributed by atoms with E-state index in [2.05, 4.69) is 30.8 Å². The highest BCUT2D eigenvalue weighted by Gasteiger charge is 2.10. The fourth-order valence-electron chi connectivity index (χ4n) is 1.02. The first kappa shape index (κ1) is 11.6. The van der Waals surface area contributed by atoms with Gasteiger partial charge < -0.3 is 5.32 Å². The molecule has 0 aromatic carbocycles. The Bertz CT molecular complexity index is 278. The van der Waals surface area contributed by atoms with E-state index in [1.807, 2.05) is 6.92 Å². The zero-order chi connectivity index (χ0) is 10.4. The largest absolute Gasteiger partial charge is 0.349 e. The standard InChI is InChI=1S/C8H12BrN3OS/c1-6(3-2-4-9)11-8(13)7-5-10-12-14-7/h5-6H,2-4H2,1H3,(H,11,13). The number of amides is 1. The molecule has 78 valence electrons. The predicted octanol–water partition coefficient (Wildman–Crippen LogP) is 1.83. The zero-order valence-electron chi connectivity index (χ0n) is 7.86. The fourth-order valence-corrected chi connectivity index (χ4v) is 1.76. The van der Waals surface area contributed by atoms with Crippen LogP contribution in [0.3, 0.4) is 0 Å². The van der Waals surface area contributed by atoms with Crippen LogP contribution in [0.4, 0.5) is 0 Å². The van der Waals surface area contributed by atoms with Crippen molar-refractivity contribution in [2.45, 2.75) is 25.8 Å². The summed E-state index contributed by atoms with van der Waals surface area (Å²) in [5.74, 6) is -0.0814. The minimum absolute atomic E-state index is 0.0814. The van der Waals surface area contributed by atoms with E-state index in [1.54, 1.807) is 0 Å². The molecule has 1 unspecified atom stereocenters. The summed E-state index contributed by atoms with van der Waals surface area (Å²) in [6.07, 6.45) is 3.52. The monoisotopic (exact) mass is 277 g/mol. The highest BCUT2D eigenvalue weighted by molar-refractivity contribution is 9.09. The first-order valence-corrected chi connectivity index (χ1v) is 6.27. The molecule has 1 aromatic heterocycles. The van der Waals surface area contributed by atoms with Crippen molar-refractivity contribution >= 4 is 33.4 Å². The molecule has 1 heterocycles. The molecule has 14 heavy (non-hydrogen) atoms. The topological polar surface area (TPSA) is 54.9 Å². The van der Waals surface area contributed by atoms with Gasteiger partial charge in [-0.05, 0) is 31.3 Å². The van der Waals surface area contributed by atoms with E-state index < -0.39 is 0 Å². The molecule has 0 bridgehead atoms. The predicted molar refractivity (Wildman–Crippen MR) is 59.9 cm³/mol. The molecule has 1 aromatic rings. The maximum Gasteiger partial charge on any atom is 0.264 e. The van der Waals surface area contributed by atoms with Crippen LogP contribution in [0, 0.1) is 0 Å². The van der Waals surface area contributed by atoms with Crippen LogP contribution in [0.2, 0.25) is 0 Å². The van der Waals surface area contributed by atoms with E-state index >= 15 is 0 Å². The number of hydrogen-bond donors (Lipinski definition) is 1. The van der Waals surface area contributed by atoms with E-state index in [-0.39, 0.29) is 11.9 Å². The lowest BCUT2D eigenvalue weighted by Gasteiger charge is -2.11. The van der Waals surface area contributed by atoms with Gasteiger partial charge in [0.1, 0.15) is 4.88 Å². The Labute approximate surface area is 95.4 Å². The minimum atomic E-state index is -0.0814. The van der Waals surface area contributed by atoms with Gasteiger partial charge in [-0.15, -0.1) is 5.10 Å². The smallest absolute Gasteiger partial charge is 0.264 e. The van der Waals surface area contributed by atoms with Crippen LogP contribution < -0.4 is 5.32 Å². The van der Waals surface area contributed by atoms with Crippen LogP contribution in [-0.4, -0.2) is 26.9 Å². The Morgan fingerprint density at radius 3 is 3.14 bits per heavy atom. The second kappa shape index (κ2) is 6.08. The van der Waals surface area contributed by atoms with Crippen molar-refractivity contribution < 1.29 is 4.79 Å². The quantitative estimate of drug-likeness (QED) is 0.836. The van der Waals surface area contributed by atoms with E-state index in [0.717, 1.165) is 29.7 Å². The molecular weight excluding hydrogens is 266 g/mol. The molecule has 1 N–H and O–H groups in total. The summed E-state index contributed by atoms with van der Waals surface area (Å²) in [6.45, 7) is 2.00. The third kappa shape index (κ3) is 3.71. The van der Waals surface area contributed by atoms with E-state index in [4.69, 9.17) is 0 Å². The van der Waals surface area contributed by atoms with Gasteiger partial charge >= 0.3 is 0 Å². The Balaban J connectivity index is 2.34. The van der Waals surface area contributed by atoms with Crippen molar-refractivity contribution in [3.63, 3.8) is 0 Å². The highest BCUT2D eigenvalue weighted by atomic mass is 79.9. The average molecular weight is 278 g/mol. The molecule has 0 fully saturated rings. The second-order valence-corrected chi connectivity index (χ2v) is 4.57. The number of alkyl halides is 1. The molecule has 0 aliphatic carbocycles. The summed E-state index contributed by atoms with van der Waals surface area (Å²) < 4.78 is 3.64. The number of hydrogen-bond acceptors (Lipinski definition) is 4. The number of nitrogens with zero attached hydrogens (tertiary/aromatic N) is 2. The van der Waals surface area contributed by atoms with Gasteiger partial charge in [0.05, 0.1) is 6.20 Å².